The average Bonchev–Trinajstić information content (AvgIpc) is 1.82. The number of hydrogen-bond donors (Lipinski definition) is 1. The molecule has 0 fully saturated rings. The molecule has 0 heterocycles. The number of carbonyl (C=O) groups excluding carboxylic acids is 2. The highest BCUT2D eigenvalue weighted by atomic mass is 16.7. The minimum absolute atomic E-state index is 0.326. The lowest BCUT2D eigenvalue weighted by Crippen LogP contribution is -2.25. The maximum Gasteiger partial charge on any atom is 0.439 e. The number of hydrogen-bond acceptors (Lipinski definition) is 4. The number of nitrogens with one attached hydrogen (secondary N) is 1. The SMILES string of the molecule is CCONC(=O)OC(C)=O. The number of hydroxylamine groups is 1. The van der Waals surface area contributed by atoms with Crippen molar-refractivity contribution in [3.05, 3.63) is 0 Å². The average molecular weight is 147 g/mol. The van der Waals surface area contributed by atoms with E-state index in [1.807, 2.05) is 5.48 Å². The van der Waals surface area contributed by atoms with Gasteiger partial charge in [0.2, 0.25) is 0 Å². The highest BCUT2D eigenvalue weighted by Crippen LogP contribution is 1.77. The molecular weight excluding hydrogens is 138 g/mol. The van der Waals surface area contributed by atoms with Crippen molar-refractivity contribution >= 4 is 12.1 Å². The Bertz CT molecular complexity index is 134. The fraction of sp³-hybridized carbons (Fsp3) is 0.600. The zero-order valence-corrected chi connectivity index (χ0v) is 5.84. The van der Waals surface area contributed by atoms with Crippen LogP contribution in [0.5, 0.6) is 0 Å². The van der Waals surface area contributed by atoms with Crippen molar-refractivity contribution in [3.8, 4) is 0 Å². The quantitative estimate of drug-likeness (QED) is 0.344. The monoisotopic (exact) mass is 147 g/mol. The van der Waals surface area contributed by atoms with E-state index < -0.39 is 12.1 Å². The van der Waals surface area contributed by atoms with Gasteiger partial charge >= 0.3 is 12.1 Å². The van der Waals surface area contributed by atoms with Crippen LogP contribution < -0.4 is 5.48 Å². The molecule has 0 saturated heterocycles. The van der Waals surface area contributed by atoms with Gasteiger partial charge in [-0.05, 0) is 6.92 Å². The Morgan fingerprint density at radius 3 is 2.50 bits per heavy atom. The first-order valence-electron chi connectivity index (χ1n) is 2.77. The van der Waals surface area contributed by atoms with E-state index in [1.165, 1.54) is 0 Å². The van der Waals surface area contributed by atoms with Gasteiger partial charge in [-0.15, -0.1) is 0 Å². The molecule has 0 aliphatic heterocycles. The summed E-state index contributed by atoms with van der Waals surface area (Å²) in [6.07, 6.45) is -0.894. The smallest absolute Gasteiger partial charge is 0.375 e. The summed E-state index contributed by atoms with van der Waals surface area (Å²) in [7, 11) is 0. The van der Waals surface area contributed by atoms with Gasteiger partial charge in [0.25, 0.3) is 0 Å². The van der Waals surface area contributed by atoms with Crippen LogP contribution in [0.25, 0.3) is 0 Å². The van der Waals surface area contributed by atoms with Gasteiger partial charge in [-0.2, -0.15) is 5.48 Å². The summed E-state index contributed by atoms with van der Waals surface area (Å²) in [5.41, 5.74) is 1.88. The van der Waals surface area contributed by atoms with E-state index in [0.29, 0.717) is 6.61 Å². The normalized spacial score (nSPS) is 8.60. The van der Waals surface area contributed by atoms with Gasteiger partial charge in [0.15, 0.2) is 0 Å². The minimum Gasteiger partial charge on any atom is -0.375 e. The summed E-state index contributed by atoms with van der Waals surface area (Å²) in [6, 6.07) is 0. The topological polar surface area (TPSA) is 64.6 Å². The molecule has 0 bridgehead atoms. The van der Waals surface area contributed by atoms with Crippen LogP contribution in [0.1, 0.15) is 13.8 Å². The second kappa shape index (κ2) is 4.75. The standard InChI is InChI=1S/C5H9NO4/c1-3-9-6-5(8)10-4(2)7/h3H2,1-2H3,(H,6,8). The predicted molar refractivity (Wildman–Crippen MR) is 31.9 cm³/mol. The van der Waals surface area contributed by atoms with Crippen molar-refractivity contribution in [2.45, 2.75) is 13.8 Å². The van der Waals surface area contributed by atoms with E-state index in [9.17, 15) is 9.59 Å². The summed E-state index contributed by atoms with van der Waals surface area (Å²) in [4.78, 5) is 24.8. The Kier molecular flexibility index (Phi) is 4.23. The lowest BCUT2D eigenvalue weighted by molar-refractivity contribution is -0.136. The van der Waals surface area contributed by atoms with Gasteiger partial charge in [-0.1, -0.05) is 0 Å². The van der Waals surface area contributed by atoms with Crippen molar-refractivity contribution in [2.24, 2.45) is 0 Å². The van der Waals surface area contributed by atoms with Crippen LogP contribution in [0.3, 0.4) is 0 Å². The first kappa shape index (κ1) is 8.90. The van der Waals surface area contributed by atoms with Gasteiger partial charge in [0.1, 0.15) is 0 Å². The molecule has 58 valence electrons. The summed E-state index contributed by atoms with van der Waals surface area (Å²) in [5.74, 6) is -0.669. The van der Waals surface area contributed by atoms with Crippen LogP contribution in [0.4, 0.5) is 4.79 Å². The molecule has 0 aliphatic rings. The molecule has 10 heavy (non-hydrogen) atoms. The lowest BCUT2D eigenvalue weighted by atomic mass is 10.8. The maximum atomic E-state index is 10.3. The molecule has 0 saturated carbocycles. The third kappa shape index (κ3) is 5.04. The summed E-state index contributed by atoms with van der Waals surface area (Å²) >= 11 is 0. The van der Waals surface area contributed by atoms with E-state index in [4.69, 9.17) is 0 Å². The number of amides is 1. The Balaban J connectivity index is 3.35. The van der Waals surface area contributed by atoms with Gasteiger partial charge in [-0.3, -0.25) is 9.63 Å². The molecule has 0 aromatic heterocycles. The van der Waals surface area contributed by atoms with Crippen molar-refractivity contribution in [1.29, 1.82) is 0 Å². The highest BCUT2D eigenvalue weighted by molar-refractivity contribution is 5.82. The molecule has 1 amide bonds. The molecule has 0 aromatic carbocycles. The van der Waals surface area contributed by atoms with E-state index >= 15 is 0 Å². The van der Waals surface area contributed by atoms with Crippen molar-refractivity contribution in [1.82, 2.24) is 5.48 Å². The molecule has 5 heteroatoms. The lowest BCUT2D eigenvalue weighted by Gasteiger charge is -2.00. The van der Waals surface area contributed by atoms with Gasteiger partial charge in [-0.25, -0.2) is 4.79 Å². The predicted octanol–water partition coefficient (Wildman–Crippen LogP) is 0.211. The maximum absolute atomic E-state index is 10.3. The number of carbonyl (C=O) groups is 2. The van der Waals surface area contributed by atoms with Gasteiger partial charge in [0, 0.05) is 6.92 Å². The Labute approximate surface area is 58.3 Å². The van der Waals surface area contributed by atoms with Crippen LogP contribution in [0.15, 0.2) is 0 Å². The molecule has 0 aliphatic carbocycles. The van der Waals surface area contributed by atoms with E-state index in [0.717, 1.165) is 6.92 Å². The Hall–Kier alpha value is -1.10. The number of rotatable bonds is 2. The van der Waals surface area contributed by atoms with Crippen LogP contribution in [0, 0.1) is 0 Å². The van der Waals surface area contributed by atoms with Crippen LogP contribution in [-0.2, 0) is 14.4 Å². The molecule has 0 rings (SSSR count). The Morgan fingerprint density at radius 2 is 2.10 bits per heavy atom. The van der Waals surface area contributed by atoms with E-state index in [2.05, 4.69) is 9.57 Å². The molecule has 0 atom stereocenters. The van der Waals surface area contributed by atoms with Crippen LogP contribution >= 0.6 is 0 Å². The molecule has 1 N–H and O–H groups in total. The molecule has 0 spiro atoms. The molecular formula is C5H9NO4. The highest BCUT2D eigenvalue weighted by Gasteiger charge is 2.02. The molecule has 0 radical (unpaired) electrons. The minimum atomic E-state index is -0.894. The van der Waals surface area contributed by atoms with Crippen molar-refractivity contribution in [3.63, 3.8) is 0 Å². The summed E-state index contributed by atoms with van der Waals surface area (Å²) < 4.78 is 4.04. The van der Waals surface area contributed by atoms with Gasteiger partial charge < -0.3 is 4.74 Å². The second-order valence-electron chi connectivity index (χ2n) is 1.42. The first-order chi connectivity index (χ1) is 4.66. The van der Waals surface area contributed by atoms with Gasteiger partial charge in [0.05, 0.1) is 6.61 Å². The zero-order chi connectivity index (χ0) is 7.98. The fourth-order valence-electron chi connectivity index (χ4n) is 0.282. The molecule has 0 unspecified atom stereocenters. The number of esters is 1. The summed E-state index contributed by atoms with van der Waals surface area (Å²) in [5, 5.41) is 0. The summed E-state index contributed by atoms with van der Waals surface area (Å²) in [6.45, 7) is 3.15. The number of ether oxygens (including phenoxy) is 1. The van der Waals surface area contributed by atoms with E-state index in [1.54, 1.807) is 6.92 Å². The zero-order valence-electron chi connectivity index (χ0n) is 5.84. The van der Waals surface area contributed by atoms with Crippen molar-refractivity contribution < 1.29 is 19.2 Å². The third-order valence-corrected chi connectivity index (χ3v) is 0.536. The van der Waals surface area contributed by atoms with Crippen LogP contribution in [0.2, 0.25) is 0 Å². The second-order valence-corrected chi connectivity index (χ2v) is 1.42. The largest absolute Gasteiger partial charge is 0.439 e. The Morgan fingerprint density at radius 1 is 1.50 bits per heavy atom. The van der Waals surface area contributed by atoms with E-state index in [-0.39, 0.29) is 0 Å². The van der Waals surface area contributed by atoms with Crippen molar-refractivity contribution in [2.75, 3.05) is 6.61 Å². The third-order valence-electron chi connectivity index (χ3n) is 0.536. The molecule has 0 aromatic rings. The molecule has 5 nitrogen and oxygen atoms in total. The van der Waals surface area contributed by atoms with Crippen LogP contribution in [-0.4, -0.2) is 18.7 Å². The fourth-order valence-corrected chi connectivity index (χ4v) is 0.282. The first-order valence-corrected chi connectivity index (χ1v) is 2.77.